The van der Waals surface area contributed by atoms with Crippen molar-refractivity contribution in [1.82, 2.24) is 10.3 Å². The molecule has 120 valence electrons. The largest absolute Gasteiger partial charge is 0.368 e. The highest BCUT2D eigenvalue weighted by Crippen LogP contribution is 2.42. The number of aryl methyl sites for hydroxylation is 1. The lowest BCUT2D eigenvalue weighted by molar-refractivity contribution is -0.0560. The lowest BCUT2D eigenvalue weighted by atomic mass is 9.95. The Balaban J connectivity index is 2.32. The molecule has 2 rings (SSSR count). The molecule has 0 aromatic carbocycles. The molecule has 4 heteroatoms. The molecule has 1 N–H and O–H groups in total. The smallest absolute Gasteiger partial charge is 0.125 e. The van der Waals surface area contributed by atoms with Gasteiger partial charge in [-0.3, -0.25) is 0 Å². The maximum atomic E-state index is 6.29. The van der Waals surface area contributed by atoms with Crippen LogP contribution in [0, 0.1) is 0 Å². The van der Waals surface area contributed by atoms with Crippen LogP contribution in [0.15, 0.2) is 0 Å². The lowest BCUT2D eigenvalue weighted by Gasteiger charge is -2.30. The van der Waals surface area contributed by atoms with Crippen LogP contribution >= 0.6 is 11.3 Å². The van der Waals surface area contributed by atoms with Gasteiger partial charge in [0, 0.05) is 18.0 Å². The van der Waals surface area contributed by atoms with E-state index in [1.165, 1.54) is 41.3 Å². The van der Waals surface area contributed by atoms with E-state index >= 15 is 0 Å². The molecule has 0 atom stereocenters. The van der Waals surface area contributed by atoms with E-state index in [0.717, 1.165) is 38.8 Å². The third kappa shape index (κ3) is 4.05. The van der Waals surface area contributed by atoms with Crippen LogP contribution in [0.3, 0.4) is 0 Å². The predicted molar refractivity (Wildman–Crippen MR) is 89.9 cm³/mol. The van der Waals surface area contributed by atoms with E-state index in [4.69, 9.17) is 9.72 Å². The van der Waals surface area contributed by atoms with Crippen molar-refractivity contribution in [2.45, 2.75) is 77.4 Å². The normalized spacial score (nSPS) is 18.6. The number of nitrogens with one attached hydrogen (secondary N) is 1. The first-order valence-corrected chi connectivity index (χ1v) is 9.35. The first kappa shape index (κ1) is 16.9. The second kappa shape index (κ2) is 8.25. The van der Waals surface area contributed by atoms with Crippen molar-refractivity contribution in [3.8, 4) is 0 Å². The Labute approximate surface area is 133 Å². The van der Waals surface area contributed by atoms with Gasteiger partial charge in [-0.05, 0) is 33.2 Å². The molecule has 3 nitrogen and oxygen atoms in total. The molecule has 0 aliphatic heterocycles. The third-order valence-electron chi connectivity index (χ3n) is 4.32. The zero-order chi connectivity index (χ0) is 15.1. The second-order valence-electron chi connectivity index (χ2n) is 6.01. The molecule has 21 heavy (non-hydrogen) atoms. The SMILES string of the molecule is CCCc1nc(C2(OCC)CCCCCC2)sc1CNC. The van der Waals surface area contributed by atoms with Gasteiger partial charge >= 0.3 is 0 Å². The Kier molecular flexibility index (Phi) is 6.65. The van der Waals surface area contributed by atoms with Crippen LogP contribution in [0.5, 0.6) is 0 Å². The van der Waals surface area contributed by atoms with Crippen molar-refractivity contribution in [2.75, 3.05) is 13.7 Å². The monoisotopic (exact) mass is 310 g/mol. The molecule has 1 saturated carbocycles. The fraction of sp³-hybridized carbons (Fsp3) is 0.824. The summed E-state index contributed by atoms with van der Waals surface area (Å²) in [7, 11) is 2.01. The summed E-state index contributed by atoms with van der Waals surface area (Å²) >= 11 is 1.88. The summed E-state index contributed by atoms with van der Waals surface area (Å²) in [5, 5.41) is 4.52. The van der Waals surface area contributed by atoms with E-state index in [0.29, 0.717) is 0 Å². The van der Waals surface area contributed by atoms with Crippen molar-refractivity contribution < 1.29 is 4.74 Å². The van der Waals surface area contributed by atoms with E-state index in [2.05, 4.69) is 19.2 Å². The Morgan fingerprint density at radius 3 is 2.48 bits per heavy atom. The minimum Gasteiger partial charge on any atom is -0.368 e. The van der Waals surface area contributed by atoms with E-state index in [1.54, 1.807) is 0 Å². The van der Waals surface area contributed by atoms with Gasteiger partial charge < -0.3 is 10.1 Å². The maximum Gasteiger partial charge on any atom is 0.125 e. The number of hydrogen-bond donors (Lipinski definition) is 1. The first-order chi connectivity index (χ1) is 10.3. The van der Waals surface area contributed by atoms with Gasteiger partial charge in [-0.1, -0.05) is 39.0 Å². The average Bonchev–Trinajstić information content (AvgIpc) is 2.72. The van der Waals surface area contributed by atoms with Gasteiger partial charge in [0.15, 0.2) is 0 Å². The average molecular weight is 311 g/mol. The maximum absolute atomic E-state index is 6.29. The van der Waals surface area contributed by atoms with Crippen molar-refractivity contribution in [2.24, 2.45) is 0 Å². The summed E-state index contributed by atoms with van der Waals surface area (Å²) in [5.74, 6) is 0. The van der Waals surface area contributed by atoms with Gasteiger partial charge in [-0.15, -0.1) is 11.3 Å². The molecule has 0 radical (unpaired) electrons. The van der Waals surface area contributed by atoms with Crippen LogP contribution in [0.2, 0.25) is 0 Å². The van der Waals surface area contributed by atoms with E-state index in [9.17, 15) is 0 Å². The van der Waals surface area contributed by atoms with Gasteiger partial charge in [-0.25, -0.2) is 4.98 Å². The fourth-order valence-electron chi connectivity index (χ4n) is 3.30. The topological polar surface area (TPSA) is 34.1 Å². The Morgan fingerprint density at radius 1 is 1.19 bits per heavy atom. The van der Waals surface area contributed by atoms with E-state index < -0.39 is 0 Å². The molecule has 0 amide bonds. The molecule has 1 aliphatic rings. The van der Waals surface area contributed by atoms with Crippen LogP contribution in [-0.2, 0) is 23.3 Å². The molecule has 0 unspecified atom stereocenters. The highest BCUT2D eigenvalue weighted by Gasteiger charge is 2.37. The number of hydrogen-bond acceptors (Lipinski definition) is 4. The van der Waals surface area contributed by atoms with Gasteiger partial charge in [0.25, 0.3) is 0 Å². The number of rotatable bonds is 7. The van der Waals surface area contributed by atoms with Crippen molar-refractivity contribution >= 4 is 11.3 Å². The standard InChI is InChI=1S/C17H30N2OS/c1-4-10-14-15(13-18-3)21-16(19-14)17(20-5-2)11-8-6-7-9-12-17/h18H,4-13H2,1-3H3. The first-order valence-electron chi connectivity index (χ1n) is 8.53. The Morgan fingerprint density at radius 2 is 1.90 bits per heavy atom. The summed E-state index contributed by atoms with van der Waals surface area (Å²) in [6, 6.07) is 0. The summed E-state index contributed by atoms with van der Waals surface area (Å²) in [6.45, 7) is 6.05. The zero-order valence-corrected chi connectivity index (χ0v) is 14.7. The van der Waals surface area contributed by atoms with Gasteiger partial charge in [0.05, 0.1) is 5.69 Å². The molecule has 1 fully saturated rings. The number of ether oxygens (including phenoxy) is 1. The minimum absolute atomic E-state index is 0.107. The summed E-state index contributed by atoms with van der Waals surface area (Å²) in [5.41, 5.74) is 1.18. The number of nitrogens with zero attached hydrogens (tertiary/aromatic N) is 1. The quantitative estimate of drug-likeness (QED) is 0.758. The highest BCUT2D eigenvalue weighted by atomic mass is 32.1. The molecule has 1 aromatic rings. The van der Waals surface area contributed by atoms with Crippen molar-refractivity contribution in [3.05, 3.63) is 15.6 Å². The second-order valence-corrected chi connectivity index (χ2v) is 7.09. The Bertz CT molecular complexity index is 399. The van der Waals surface area contributed by atoms with Crippen molar-refractivity contribution in [3.63, 3.8) is 0 Å². The molecular weight excluding hydrogens is 280 g/mol. The minimum atomic E-state index is -0.107. The molecule has 1 aliphatic carbocycles. The highest BCUT2D eigenvalue weighted by molar-refractivity contribution is 7.11. The zero-order valence-electron chi connectivity index (χ0n) is 13.8. The summed E-state index contributed by atoms with van der Waals surface area (Å²) < 4.78 is 6.29. The number of aromatic nitrogens is 1. The molecule has 1 heterocycles. The van der Waals surface area contributed by atoms with Crippen LogP contribution < -0.4 is 5.32 Å². The lowest BCUT2D eigenvalue weighted by Crippen LogP contribution is -2.29. The summed E-state index contributed by atoms with van der Waals surface area (Å²) in [4.78, 5) is 6.43. The molecule has 1 aromatic heterocycles. The van der Waals surface area contributed by atoms with Crippen LogP contribution in [0.25, 0.3) is 0 Å². The number of thiazole rings is 1. The van der Waals surface area contributed by atoms with Crippen molar-refractivity contribution in [1.29, 1.82) is 0 Å². The fourth-order valence-corrected chi connectivity index (χ4v) is 4.63. The van der Waals surface area contributed by atoms with Crippen LogP contribution in [0.4, 0.5) is 0 Å². The summed E-state index contributed by atoms with van der Waals surface area (Å²) in [6.07, 6.45) is 9.72. The van der Waals surface area contributed by atoms with Gasteiger partial charge in [-0.2, -0.15) is 0 Å². The predicted octanol–water partition coefficient (Wildman–Crippen LogP) is 4.40. The molecular formula is C17H30N2OS. The Hall–Kier alpha value is -0.450. The van der Waals surface area contributed by atoms with E-state index in [1.807, 2.05) is 18.4 Å². The van der Waals surface area contributed by atoms with Gasteiger partial charge in [0.1, 0.15) is 10.6 Å². The molecule has 0 saturated heterocycles. The van der Waals surface area contributed by atoms with Crippen LogP contribution in [0.1, 0.15) is 74.4 Å². The van der Waals surface area contributed by atoms with E-state index in [-0.39, 0.29) is 5.60 Å². The van der Waals surface area contributed by atoms with Crippen LogP contribution in [-0.4, -0.2) is 18.6 Å². The molecule has 0 spiro atoms. The third-order valence-corrected chi connectivity index (χ3v) is 5.61. The molecule has 0 bridgehead atoms. The van der Waals surface area contributed by atoms with Gasteiger partial charge in [0.2, 0.25) is 0 Å².